The van der Waals surface area contributed by atoms with Gasteiger partial charge in [0, 0.05) is 28.1 Å². The first-order valence-corrected chi connectivity index (χ1v) is 17.6. The lowest BCUT2D eigenvalue weighted by Gasteiger charge is -2.34. The number of halogens is 1. The molecule has 0 saturated heterocycles. The Kier molecular flexibility index (Phi) is 9.78. The minimum absolute atomic E-state index is 0.00261. The minimum Gasteiger partial charge on any atom is -0.448 e. The fraction of sp³-hybridized carbons (Fsp3) is 0.243. The van der Waals surface area contributed by atoms with Crippen molar-refractivity contribution < 1.29 is 19.1 Å². The number of rotatable bonds is 9. The summed E-state index contributed by atoms with van der Waals surface area (Å²) in [7, 11) is 0. The SMILES string of the molecule is CC(C)N(CC(C)(C)Sc1ccc2nc(NC(=O)NC(=O)c3ccccc3Cl)sc2c1)C(=O)OCC1c2ccccc2-c2ccccc21. The molecule has 1 aromatic heterocycles. The number of fused-ring (bicyclic) bond motifs is 4. The van der Waals surface area contributed by atoms with Gasteiger partial charge in [-0.1, -0.05) is 83.6 Å². The van der Waals surface area contributed by atoms with Crippen LogP contribution in [0.5, 0.6) is 0 Å². The van der Waals surface area contributed by atoms with Crippen molar-refractivity contribution in [2.45, 2.75) is 49.3 Å². The molecular weight excluding hydrogens is 664 g/mol. The molecule has 5 aromatic rings. The smallest absolute Gasteiger partial charge is 0.410 e. The van der Waals surface area contributed by atoms with Gasteiger partial charge in [0.2, 0.25) is 0 Å². The van der Waals surface area contributed by atoms with E-state index in [0.29, 0.717) is 11.7 Å². The average molecular weight is 699 g/mol. The highest BCUT2D eigenvalue weighted by molar-refractivity contribution is 8.00. The lowest BCUT2D eigenvalue weighted by Crippen LogP contribution is -2.45. The summed E-state index contributed by atoms with van der Waals surface area (Å²) < 4.78 is 6.53. The number of ether oxygens (including phenoxy) is 1. The Labute approximate surface area is 292 Å². The van der Waals surface area contributed by atoms with Gasteiger partial charge < -0.3 is 9.64 Å². The van der Waals surface area contributed by atoms with E-state index in [1.165, 1.54) is 33.6 Å². The van der Waals surface area contributed by atoms with Gasteiger partial charge in [-0.2, -0.15) is 0 Å². The van der Waals surface area contributed by atoms with Crippen molar-refractivity contribution in [1.29, 1.82) is 0 Å². The topological polar surface area (TPSA) is 101 Å². The highest BCUT2D eigenvalue weighted by Crippen LogP contribution is 2.44. The number of carbonyl (C=O) groups is 3. The molecule has 1 heterocycles. The fourth-order valence-electron chi connectivity index (χ4n) is 5.86. The van der Waals surface area contributed by atoms with Crippen molar-refractivity contribution in [1.82, 2.24) is 15.2 Å². The Balaban J connectivity index is 1.08. The maximum atomic E-state index is 13.5. The number of nitrogens with zero attached hydrogens (tertiary/aromatic N) is 2. The molecule has 0 spiro atoms. The Morgan fingerprint density at radius 2 is 1.60 bits per heavy atom. The average Bonchev–Trinajstić information content (AvgIpc) is 3.60. The molecule has 0 atom stereocenters. The van der Waals surface area contributed by atoms with Gasteiger partial charge in [-0.05, 0) is 80.3 Å². The van der Waals surface area contributed by atoms with Crippen LogP contribution >= 0.6 is 34.7 Å². The minimum atomic E-state index is -0.697. The molecular formula is C37H35ClN4O4S2. The summed E-state index contributed by atoms with van der Waals surface area (Å²) in [6.45, 7) is 8.95. The summed E-state index contributed by atoms with van der Waals surface area (Å²) in [4.78, 5) is 45.8. The van der Waals surface area contributed by atoms with Crippen molar-refractivity contribution in [2.75, 3.05) is 18.5 Å². The van der Waals surface area contributed by atoms with Crippen LogP contribution < -0.4 is 10.6 Å². The van der Waals surface area contributed by atoms with E-state index in [2.05, 4.69) is 53.7 Å². The Morgan fingerprint density at radius 1 is 0.958 bits per heavy atom. The summed E-state index contributed by atoms with van der Waals surface area (Å²) >= 11 is 9.03. The molecule has 0 saturated carbocycles. The van der Waals surface area contributed by atoms with E-state index in [1.54, 1.807) is 40.9 Å². The molecule has 8 nitrogen and oxygen atoms in total. The van der Waals surface area contributed by atoms with Crippen LogP contribution in [0.3, 0.4) is 0 Å². The molecule has 1 aliphatic rings. The van der Waals surface area contributed by atoms with E-state index in [-0.39, 0.29) is 40.0 Å². The van der Waals surface area contributed by atoms with Crippen LogP contribution in [0.2, 0.25) is 5.02 Å². The number of nitrogens with one attached hydrogen (secondary N) is 2. The van der Waals surface area contributed by atoms with E-state index in [1.807, 2.05) is 56.3 Å². The van der Waals surface area contributed by atoms with E-state index in [4.69, 9.17) is 16.3 Å². The molecule has 2 N–H and O–H groups in total. The molecule has 6 rings (SSSR count). The van der Waals surface area contributed by atoms with Gasteiger partial charge in [-0.25, -0.2) is 14.6 Å². The number of thioether (sulfide) groups is 1. The van der Waals surface area contributed by atoms with Gasteiger partial charge in [-0.3, -0.25) is 15.4 Å². The largest absolute Gasteiger partial charge is 0.448 e. The first kappa shape index (κ1) is 33.5. The van der Waals surface area contributed by atoms with Gasteiger partial charge in [0.25, 0.3) is 5.91 Å². The lowest BCUT2D eigenvalue weighted by molar-refractivity contribution is 0.0863. The van der Waals surface area contributed by atoms with Crippen LogP contribution in [0, 0.1) is 0 Å². The number of carbonyl (C=O) groups excluding carboxylic acids is 3. The molecule has 1 aliphatic carbocycles. The zero-order valence-corrected chi connectivity index (χ0v) is 29.3. The van der Waals surface area contributed by atoms with Crippen LogP contribution in [-0.4, -0.2) is 51.9 Å². The second kappa shape index (κ2) is 14.0. The number of thiazole rings is 1. The molecule has 11 heteroatoms. The second-order valence-electron chi connectivity index (χ2n) is 12.4. The van der Waals surface area contributed by atoms with Gasteiger partial charge in [0.1, 0.15) is 6.61 Å². The molecule has 246 valence electrons. The van der Waals surface area contributed by atoms with E-state index >= 15 is 0 Å². The quantitative estimate of drug-likeness (QED) is 0.149. The predicted molar refractivity (Wildman–Crippen MR) is 194 cm³/mol. The first-order valence-electron chi connectivity index (χ1n) is 15.6. The zero-order valence-electron chi connectivity index (χ0n) is 27.0. The predicted octanol–water partition coefficient (Wildman–Crippen LogP) is 9.44. The molecule has 4 amide bonds. The van der Waals surface area contributed by atoms with Gasteiger partial charge in [0.05, 0.1) is 20.8 Å². The van der Waals surface area contributed by atoms with Crippen molar-refractivity contribution in [2.24, 2.45) is 0 Å². The summed E-state index contributed by atoms with van der Waals surface area (Å²) in [5.41, 5.74) is 5.68. The summed E-state index contributed by atoms with van der Waals surface area (Å²) in [6, 6.07) is 28.3. The van der Waals surface area contributed by atoms with Gasteiger partial charge >= 0.3 is 12.1 Å². The highest BCUT2D eigenvalue weighted by atomic mass is 35.5. The Hall–Kier alpha value is -4.38. The number of urea groups is 1. The lowest BCUT2D eigenvalue weighted by atomic mass is 9.98. The normalized spacial score (nSPS) is 12.5. The monoisotopic (exact) mass is 698 g/mol. The molecule has 0 unspecified atom stereocenters. The van der Waals surface area contributed by atoms with Gasteiger partial charge in [-0.15, -0.1) is 11.8 Å². The van der Waals surface area contributed by atoms with Crippen molar-refractivity contribution in [3.8, 4) is 11.1 Å². The molecule has 0 radical (unpaired) electrons. The highest BCUT2D eigenvalue weighted by Gasteiger charge is 2.32. The third-order valence-corrected chi connectivity index (χ3v) is 10.5. The third-order valence-electron chi connectivity index (χ3n) is 8.07. The molecule has 0 aliphatic heterocycles. The number of hydrogen-bond acceptors (Lipinski definition) is 7. The zero-order chi connectivity index (χ0) is 34.0. The third kappa shape index (κ3) is 7.36. The van der Waals surface area contributed by atoms with Crippen LogP contribution in [0.1, 0.15) is 55.1 Å². The summed E-state index contributed by atoms with van der Waals surface area (Å²) in [5.74, 6) is -0.606. The maximum absolute atomic E-state index is 13.5. The number of imide groups is 1. The maximum Gasteiger partial charge on any atom is 0.410 e. The molecule has 0 bridgehead atoms. The Bertz CT molecular complexity index is 1970. The van der Waals surface area contributed by atoms with Crippen molar-refractivity contribution in [3.05, 3.63) is 113 Å². The van der Waals surface area contributed by atoms with Crippen LogP contribution in [0.4, 0.5) is 14.7 Å². The summed E-state index contributed by atoms with van der Waals surface area (Å²) in [6.07, 6.45) is -0.333. The van der Waals surface area contributed by atoms with Crippen molar-refractivity contribution >= 4 is 68.1 Å². The van der Waals surface area contributed by atoms with Crippen molar-refractivity contribution in [3.63, 3.8) is 0 Å². The number of benzene rings is 4. The number of anilines is 1. The van der Waals surface area contributed by atoms with Crippen LogP contribution in [0.15, 0.2) is 95.9 Å². The molecule has 48 heavy (non-hydrogen) atoms. The number of hydrogen-bond donors (Lipinski definition) is 2. The molecule has 4 aromatic carbocycles. The van der Waals surface area contributed by atoms with E-state index in [9.17, 15) is 14.4 Å². The number of amides is 4. The fourth-order valence-corrected chi connectivity index (χ4v) is 8.21. The summed E-state index contributed by atoms with van der Waals surface area (Å²) in [5, 5.41) is 5.54. The standard InChI is InChI=1S/C37H35ClN4O4S2/c1-22(2)42(36(45)46-20-29-26-13-7-5-11-24(26)25-12-6-8-14-27(25)29)21-37(3,4)48-23-17-18-31-32(19-23)47-35(39-31)41-34(44)40-33(43)28-15-9-10-16-30(28)38/h5-19,22,29H,20-21H2,1-4H3,(H2,39,40,41,43,44). The van der Waals surface area contributed by atoms with Crippen LogP contribution in [0.25, 0.3) is 21.3 Å². The number of aromatic nitrogens is 1. The van der Waals surface area contributed by atoms with E-state index < -0.39 is 11.9 Å². The van der Waals surface area contributed by atoms with Crippen LogP contribution in [-0.2, 0) is 4.74 Å². The second-order valence-corrected chi connectivity index (χ2v) is 15.6. The van der Waals surface area contributed by atoms with Gasteiger partial charge in [0.15, 0.2) is 5.13 Å². The first-order chi connectivity index (χ1) is 23.0. The van der Waals surface area contributed by atoms with E-state index in [0.717, 1.165) is 15.1 Å². The molecule has 0 fully saturated rings. The Morgan fingerprint density at radius 3 is 2.27 bits per heavy atom.